The van der Waals surface area contributed by atoms with E-state index < -0.39 is 0 Å². The number of pyridine rings is 1. The average molecular weight is 421 g/mol. The number of aromatic nitrogens is 2. The first-order valence-corrected chi connectivity index (χ1v) is 11.1. The van der Waals surface area contributed by atoms with Gasteiger partial charge in [0.25, 0.3) is 11.5 Å². The number of likely N-dealkylation sites (tertiary alicyclic amines) is 1. The Balaban J connectivity index is 1.30. The summed E-state index contributed by atoms with van der Waals surface area (Å²) in [6.07, 6.45) is 5.34. The van der Waals surface area contributed by atoms with Gasteiger partial charge in [-0.15, -0.1) is 0 Å². The third-order valence-electron chi connectivity index (χ3n) is 6.45. The van der Waals surface area contributed by atoms with E-state index in [-0.39, 0.29) is 29.1 Å². The van der Waals surface area contributed by atoms with E-state index in [1.54, 1.807) is 15.7 Å². The van der Waals surface area contributed by atoms with Crippen molar-refractivity contribution in [2.75, 3.05) is 19.7 Å². The molecule has 0 bridgehead atoms. The van der Waals surface area contributed by atoms with Crippen LogP contribution in [0.5, 0.6) is 0 Å². The first-order chi connectivity index (χ1) is 15.1. The number of hydrogen-bond acceptors (Lipinski definition) is 5. The van der Waals surface area contributed by atoms with E-state index in [4.69, 9.17) is 9.15 Å². The molecule has 1 unspecified atom stereocenters. The summed E-state index contributed by atoms with van der Waals surface area (Å²) >= 11 is 0. The molecule has 3 aromatic rings. The number of ether oxygens (including phenoxy) is 1. The lowest BCUT2D eigenvalue weighted by atomic mass is 9.96. The quantitative estimate of drug-likeness (QED) is 0.644. The molecular formula is C24H27N3O4. The number of piperidine rings is 1. The zero-order valence-electron chi connectivity index (χ0n) is 17.8. The van der Waals surface area contributed by atoms with Gasteiger partial charge in [0, 0.05) is 31.8 Å². The van der Waals surface area contributed by atoms with Crippen molar-refractivity contribution in [1.82, 2.24) is 14.5 Å². The molecule has 2 aliphatic heterocycles. The average Bonchev–Trinajstić information content (AvgIpc) is 3.45. The topological polar surface area (TPSA) is 77.6 Å². The monoisotopic (exact) mass is 421 g/mol. The van der Waals surface area contributed by atoms with E-state index in [2.05, 4.69) is 4.98 Å². The van der Waals surface area contributed by atoms with E-state index in [9.17, 15) is 9.59 Å². The molecule has 1 aromatic carbocycles. The lowest BCUT2D eigenvalue weighted by molar-refractivity contribution is 0.0700. The number of hydrogen-bond donors (Lipinski definition) is 0. The maximum Gasteiger partial charge on any atom is 0.263 e. The molecule has 2 fully saturated rings. The number of rotatable bonds is 4. The highest BCUT2D eigenvalue weighted by Gasteiger charge is 2.30. The Labute approximate surface area is 180 Å². The SMILES string of the molecule is Cc1ccn(CC2CCCO2)c(=O)c1C(=O)N1CCC(c2nc3ccccc3o2)CC1. The Morgan fingerprint density at radius 1 is 1.16 bits per heavy atom. The largest absolute Gasteiger partial charge is 0.440 e. The minimum atomic E-state index is -0.221. The lowest BCUT2D eigenvalue weighted by Crippen LogP contribution is -2.42. The Hall–Kier alpha value is -2.93. The maximum atomic E-state index is 13.3. The molecule has 31 heavy (non-hydrogen) atoms. The van der Waals surface area contributed by atoms with Gasteiger partial charge >= 0.3 is 0 Å². The van der Waals surface area contributed by atoms with Gasteiger partial charge in [-0.05, 0) is 56.4 Å². The van der Waals surface area contributed by atoms with Crippen molar-refractivity contribution in [2.24, 2.45) is 0 Å². The first-order valence-electron chi connectivity index (χ1n) is 11.1. The summed E-state index contributed by atoms with van der Waals surface area (Å²) in [6.45, 7) is 4.24. The number of oxazole rings is 1. The molecule has 4 heterocycles. The van der Waals surface area contributed by atoms with Crippen LogP contribution >= 0.6 is 0 Å². The fourth-order valence-electron chi connectivity index (χ4n) is 4.63. The number of benzene rings is 1. The van der Waals surface area contributed by atoms with Crippen molar-refractivity contribution in [3.05, 3.63) is 63.9 Å². The fourth-order valence-corrected chi connectivity index (χ4v) is 4.63. The summed E-state index contributed by atoms with van der Waals surface area (Å²) in [5.41, 5.74) is 2.44. The number of carbonyl (C=O) groups excluding carboxylic acids is 1. The third kappa shape index (κ3) is 3.90. The highest BCUT2D eigenvalue weighted by molar-refractivity contribution is 5.95. The zero-order chi connectivity index (χ0) is 21.4. The van der Waals surface area contributed by atoms with Crippen LogP contribution in [-0.4, -0.2) is 46.2 Å². The van der Waals surface area contributed by atoms with Gasteiger partial charge in [-0.1, -0.05) is 12.1 Å². The molecule has 1 atom stereocenters. The van der Waals surface area contributed by atoms with Crippen molar-refractivity contribution < 1.29 is 13.9 Å². The molecule has 5 rings (SSSR count). The van der Waals surface area contributed by atoms with Crippen LogP contribution in [0.15, 0.2) is 45.7 Å². The van der Waals surface area contributed by atoms with E-state index in [0.717, 1.165) is 54.8 Å². The van der Waals surface area contributed by atoms with E-state index in [0.29, 0.717) is 19.6 Å². The predicted molar refractivity (Wildman–Crippen MR) is 116 cm³/mol. The Kier molecular flexibility index (Phi) is 5.36. The molecule has 1 amide bonds. The molecular weight excluding hydrogens is 394 g/mol. The van der Waals surface area contributed by atoms with Gasteiger partial charge in [0.15, 0.2) is 11.5 Å². The van der Waals surface area contributed by atoms with Crippen LogP contribution in [0.4, 0.5) is 0 Å². The Morgan fingerprint density at radius 3 is 2.71 bits per heavy atom. The highest BCUT2D eigenvalue weighted by atomic mass is 16.5. The number of nitrogens with zero attached hydrogens (tertiary/aromatic N) is 3. The van der Waals surface area contributed by atoms with Crippen molar-refractivity contribution in [3.8, 4) is 0 Å². The number of fused-ring (bicyclic) bond motifs is 1. The van der Waals surface area contributed by atoms with Crippen molar-refractivity contribution in [2.45, 2.75) is 51.2 Å². The second kappa shape index (κ2) is 8.30. The van der Waals surface area contributed by atoms with Crippen LogP contribution in [0.2, 0.25) is 0 Å². The van der Waals surface area contributed by atoms with Gasteiger partial charge in [0.1, 0.15) is 11.1 Å². The molecule has 2 aromatic heterocycles. The molecule has 7 heteroatoms. The fraction of sp³-hybridized carbons (Fsp3) is 0.458. The molecule has 7 nitrogen and oxygen atoms in total. The first kappa shape index (κ1) is 20.0. The summed E-state index contributed by atoms with van der Waals surface area (Å²) in [4.78, 5) is 32.7. The van der Waals surface area contributed by atoms with Gasteiger partial charge in [-0.3, -0.25) is 9.59 Å². The molecule has 2 aliphatic rings. The lowest BCUT2D eigenvalue weighted by Gasteiger charge is -2.31. The molecule has 0 aliphatic carbocycles. The summed E-state index contributed by atoms with van der Waals surface area (Å²) in [7, 11) is 0. The van der Waals surface area contributed by atoms with Gasteiger partial charge in [-0.25, -0.2) is 4.98 Å². The van der Waals surface area contributed by atoms with Gasteiger partial charge in [0.2, 0.25) is 0 Å². The number of para-hydroxylation sites is 2. The van der Waals surface area contributed by atoms with Crippen LogP contribution in [0, 0.1) is 6.92 Å². The van der Waals surface area contributed by atoms with E-state index in [1.807, 2.05) is 37.3 Å². The highest BCUT2D eigenvalue weighted by Crippen LogP contribution is 2.30. The van der Waals surface area contributed by atoms with Gasteiger partial charge < -0.3 is 18.6 Å². The van der Waals surface area contributed by atoms with Crippen LogP contribution in [0.3, 0.4) is 0 Å². The third-order valence-corrected chi connectivity index (χ3v) is 6.45. The Morgan fingerprint density at radius 2 is 1.97 bits per heavy atom. The van der Waals surface area contributed by atoms with Crippen molar-refractivity contribution in [3.63, 3.8) is 0 Å². The summed E-state index contributed by atoms with van der Waals surface area (Å²) in [5, 5.41) is 0. The number of amides is 1. The van der Waals surface area contributed by atoms with E-state index >= 15 is 0 Å². The summed E-state index contributed by atoms with van der Waals surface area (Å²) in [6, 6.07) is 9.61. The predicted octanol–water partition coefficient (Wildman–Crippen LogP) is 3.50. The van der Waals surface area contributed by atoms with Crippen LogP contribution in [0.1, 0.15) is 53.4 Å². The molecule has 0 N–H and O–H groups in total. The molecule has 2 saturated heterocycles. The van der Waals surface area contributed by atoms with Crippen LogP contribution in [-0.2, 0) is 11.3 Å². The van der Waals surface area contributed by atoms with Crippen molar-refractivity contribution >= 4 is 17.0 Å². The second-order valence-electron chi connectivity index (χ2n) is 8.55. The van der Waals surface area contributed by atoms with E-state index in [1.165, 1.54) is 0 Å². The number of carbonyl (C=O) groups is 1. The normalized spacial score (nSPS) is 19.9. The van der Waals surface area contributed by atoms with Gasteiger partial charge in [0.05, 0.1) is 12.6 Å². The molecule has 162 valence electrons. The minimum Gasteiger partial charge on any atom is -0.440 e. The van der Waals surface area contributed by atoms with Crippen LogP contribution < -0.4 is 5.56 Å². The molecule has 0 radical (unpaired) electrons. The number of aryl methyl sites for hydroxylation is 1. The summed E-state index contributed by atoms with van der Waals surface area (Å²) < 4.78 is 13.2. The second-order valence-corrected chi connectivity index (χ2v) is 8.55. The minimum absolute atomic E-state index is 0.0513. The summed E-state index contributed by atoms with van der Waals surface area (Å²) in [5.74, 6) is 0.743. The van der Waals surface area contributed by atoms with Crippen molar-refractivity contribution in [1.29, 1.82) is 0 Å². The molecule has 0 spiro atoms. The zero-order valence-corrected chi connectivity index (χ0v) is 17.8. The maximum absolute atomic E-state index is 13.3. The van der Waals surface area contributed by atoms with Gasteiger partial charge in [-0.2, -0.15) is 0 Å². The Bertz CT molecular complexity index is 1120. The molecule has 0 saturated carbocycles. The van der Waals surface area contributed by atoms with Crippen LogP contribution in [0.25, 0.3) is 11.1 Å². The standard InChI is InChI=1S/C24H27N3O4/c1-16-8-11-27(15-18-5-4-14-30-18)24(29)21(16)23(28)26-12-9-17(10-13-26)22-25-19-6-2-3-7-20(19)31-22/h2-3,6-8,11,17-18H,4-5,9-10,12-15H2,1H3. The smallest absolute Gasteiger partial charge is 0.263 e.